The van der Waals surface area contributed by atoms with E-state index in [0.29, 0.717) is 12.1 Å². The second-order valence-corrected chi connectivity index (χ2v) is 8.16. The molecule has 6 rings (SSSR count). The molecule has 0 radical (unpaired) electrons. The summed E-state index contributed by atoms with van der Waals surface area (Å²) in [5.41, 5.74) is 6.55. The van der Waals surface area contributed by atoms with Gasteiger partial charge in [-0.3, -0.25) is 9.78 Å². The van der Waals surface area contributed by atoms with Crippen LogP contribution < -0.4 is 14.8 Å². The molecule has 2 aromatic heterocycles. The van der Waals surface area contributed by atoms with Gasteiger partial charge in [-0.05, 0) is 65.4 Å². The number of benzene rings is 2. The molecule has 4 aromatic rings. The van der Waals surface area contributed by atoms with Gasteiger partial charge in [0.1, 0.15) is 0 Å². The van der Waals surface area contributed by atoms with Crippen molar-refractivity contribution in [2.45, 2.75) is 19.4 Å². The summed E-state index contributed by atoms with van der Waals surface area (Å²) < 4.78 is 10.9. The van der Waals surface area contributed by atoms with Crippen LogP contribution >= 0.6 is 0 Å². The van der Waals surface area contributed by atoms with Crippen molar-refractivity contribution in [3.63, 3.8) is 0 Å². The van der Waals surface area contributed by atoms with Gasteiger partial charge in [-0.15, -0.1) is 0 Å². The van der Waals surface area contributed by atoms with Gasteiger partial charge in [-0.2, -0.15) is 0 Å². The number of rotatable bonds is 4. The summed E-state index contributed by atoms with van der Waals surface area (Å²) in [6.07, 6.45) is 7.23. The number of para-hydroxylation sites is 1. The van der Waals surface area contributed by atoms with Crippen LogP contribution in [0, 0.1) is 0 Å². The van der Waals surface area contributed by atoms with E-state index in [-0.39, 0.29) is 12.7 Å². The molecule has 0 bridgehead atoms. The third-order valence-electron chi connectivity index (χ3n) is 6.08. The number of fused-ring (bicyclic) bond motifs is 3. The standard InChI is InChI=1S/C27H21N3O3/c31-27(29-15-18-4-3-11-28-14-18)25-20-5-1-2-6-22(20)30-26-19(8-9-21(25)26)12-17-7-10-23-24(13-17)33-16-32-23/h1-7,10-14H,8-9,15-16H2,(H,29,31)/b19-12+. The number of carbonyl (C=O) groups is 1. The van der Waals surface area contributed by atoms with E-state index in [9.17, 15) is 4.79 Å². The molecule has 1 N–H and O–H groups in total. The Kier molecular flexibility index (Phi) is 4.76. The molecule has 1 aliphatic heterocycles. The first kappa shape index (κ1) is 19.5. The van der Waals surface area contributed by atoms with Gasteiger partial charge in [-0.25, -0.2) is 4.98 Å². The maximum atomic E-state index is 13.4. The average molecular weight is 435 g/mol. The van der Waals surface area contributed by atoms with E-state index in [1.165, 1.54) is 0 Å². The Hall–Kier alpha value is -4.19. The van der Waals surface area contributed by atoms with E-state index in [1.54, 1.807) is 12.4 Å². The van der Waals surface area contributed by atoms with Crippen LogP contribution in [0.5, 0.6) is 11.5 Å². The van der Waals surface area contributed by atoms with Crippen molar-refractivity contribution in [3.8, 4) is 11.5 Å². The fourth-order valence-corrected chi connectivity index (χ4v) is 4.52. The number of carbonyl (C=O) groups excluding carboxylic acids is 1. The summed E-state index contributed by atoms with van der Waals surface area (Å²) >= 11 is 0. The highest BCUT2D eigenvalue weighted by molar-refractivity contribution is 6.09. The fraction of sp³-hybridized carbons (Fsp3) is 0.148. The molecule has 2 aromatic carbocycles. The van der Waals surface area contributed by atoms with Gasteiger partial charge >= 0.3 is 0 Å². The van der Waals surface area contributed by atoms with Crippen molar-refractivity contribution < 1.29 is 14.3 Å². The minimum Gasteiger partial charge on any atom is -0.454 e. The monoisotopic (exact) mass is 435 g/mol. The number of amides is 1. The zero-order valence-corrected chi connectivity index (χ0v) is 17.9. The van der Waals surface area contributed by atoms with Crippen molar-refractivity contribution in [3.05, 3.63) is 94.9 Å². The van der Waals surface area contributed by atoms with E-state index in [4.69, 9.17) is 14.5 Å². The average Bonchev–Trinajstić information content (AvgIpc) is 3.48. The lowest BCUT2D eigenvalue weighted by Crippen LogP contribution is -2.24. The van der Waals surface area contributed by atoms with Gasteiger partial charge in [-0.1, -0.05) is 30.3 Å². The molecular weight excluding hydrogens is 414 g/mol. The van der Waals surface area contributed by atoms with Crippen molar-refractivity contribution >= 4 is 28.5 Å². The van der Waals surface area contributed by atoms with Crippen LogP contribution in [-0.4, -0.2) is 22.7 Å². The Morgan fingerprint density at radius 1 is 1.03 bits per heavy atom. The molecule has 2 aliphatic rings. The van der Waals surface area contributed by atoms with Gasteiger partial charge < -0.3 is 14.8 Å². The van der Waals surface area contributed by atoms with Crippen LogP contribution in [0.15, 0.2) is 67.0 Å². The molecule has 33 heavy (non-hydrogen) atoms. The second kappa shape index (κ2) is 8.06. The van der Waals surface area contributed by atoms with Crippen molar-refractivity contribution in [2.24, 2.45) is 0 Å². The first-order chi connectivity index (χ1) is 16.3. The van der Waals surface area contributed by atoms with Crippen molar-refractivity contribution in [1.82, 2.24) is 15.3 Å². The minimum atomic E-state index is -0.0852. The molecule has 0 spiro atoms. The van der Waals surface area contributed by atoms with Crippen LogP contribution in [0.25, 0.3) is 22.6 Å². The Labute approximate surface area is 190 Å². The smallest absolute Gasteiger partial charge is 0.252 e. The highest BCUT2D eigenvalue weighted by Crippen LogP contribution is 2.39. The zero-order chi connectivity index (χ0) is 22.2. The van der Waals surface area contributed by atoms with Gasteiger partial charge in [0.25, 0.3) is 5.91 Å². The molecule has 1 amide bonds. The van der Waals surface area contributed by atoms with Crippen LogP contribution in [0.1, 0.15) is 39.2 Å². The molecule has 0 unspecified atom stereocenters. The van der Waals surface area contributed by atoms with Gasteiger partial charge in [0.2, 0.25) is 6.79 Å². The molecule has 162 valence electrons. The number of pyridine rings is 2. The number of nitrogens with zero attached hydrogens (tertiary/aromatic N) is 2. The molecule has 0 saturated heterocycles. The molecule has 0 fully saturated rings. The third-order valence-corrected chi connectivity index (χ3v) is 6.08. The minimum absolute atomic E-state index is 0.0852. The van der Waals surface area contributed by atoms with Crippen molar-refractivity contribution in [1.29, 1.82) is 0 Å². The highest BCUT2D eigenvalue weighted by atomic mass is 16.7. The predicted molar refractivity (Wildman–Crippen MR) is 126 cm³/mol. The van der Waals surface area contributed by atoms with E-state index < -0.39 is 0 Å². The number of nitrogens with one attached hydrogen (secondary N) is 1. The molecule has 0 atom stereocenters. The van der Waals surface area contributed by atoms with E-state index >= 15 is 0 Å². The molecule has 1 aliphatic carbocycles. The quantitative estimate of drug-likeness (QED) is 0.500. The lowest BCUT2D eigenvalue weighted by molar-refractivity contribution is 0.0951. The zero-order valence-electron chi connectivity index (χ0n) is 17.9. The van der Waals surface area contributed by atoms with Crippen LogP contribution in [0.4, 0.5) is 0 Å². The van der Waals surface area contributed by atoms with Gasteiger partial charge in [0.05, 0.1) is 16.8 Å². The Morgan fingerprint density at radius 2 is 1.94 bits per heavy atom. The molecule has 6 heteroatoms. The van der Waals surface area contributed by atoms with Crippen LogP contribution in [-0.2, 0) is 13.0 Å². The van der Waals surface area contributed by atoms with E-state index in [1.807, 2.05) is 54.6 Å². The molecule has 6 nitrogen and oxygen atoms in total. The summed E-state index contributed by atoms with van der Waals surface area (Å²) in [5, 5.41) is 3.95. The third kappa shape index (κ3) is 3.59. The highest BCUT2D eigenvalue weighted by Gasteiger charge is 2.27. The Morgan fingerprint density at radius 3 is 2.85 bits per heavy atom. The number of hydrogen-bond acceptors (Lipinski definition) is 5. The second-order valence-electron chi connectivity index (χ2n) is 8.16. The topological polar surface area (TPSA) is 73.3 Å². The Bertz CT molecular complexity index is 1410. The number of ether oxygens (including phenoxy) is 2. The summed E-state index contributed by atoms with van der Waals surface area (Å²) in [6, 6.07) is 17.6. The maximum Gasteiger partial charge on any atom is 0.252 e. The first-order valence-electron chi connectivity index (χ1n) is 11.0. The van der Waals surface area contributed by atoms with E-state index in [2.05, 4.69) is 16.4 Å². The SMILES string of the molecule is O=C(NCc1cccnc1)c1c2c(nc3ccccc13)/C(=C/c1ccc3c(c1)OCO3)CC2. The normalized spacial score (nSPS) is 15.1. The van der Waals surface area contributed by atoms with E-state index in [0.717, 1.165) is 63.2 Å². The lowest BCUT2D eigenvalue weighted by Gasteiger charge is -2.13. The van der Waals surface area contributed by atoms with Crippen molar-refractivity contribution in [2.75, 3.05) is 6.79 Å². The lowest BCUT2D eigenvalue weighted by atomic mass is 9.99. The fourth-order valence-electron chi connectivity index (χ4n) is 4.52. The summed E-state index contributed by atoms with van der Waals surface area (Å²) in [6.45, 7) is 0.682. The van der Waals surface area contributed by atoms with Gasteiger partial charge in [0, 0.05) is 24.3 Å². The molecule has 0 saturated carbocycles. The number of aromatic nitrogens is 2. The van der Waals surface area contributed by atoms with Crippen LogP contribution in [0.3, 0.4) is 0 Å². The largest absolute Gasteiger partial charge is 0.454 e. The number of allylic oxidation sites excluding steroid dienone is 1. The van der Waals surface area contributed by atoms with Crippen LogP contribution in [0.2, 0.25) is 0 Å². The molecular formula is C27H21N3O3. The Balaban J connectivity index is 1.39. The summed E-state index contributed by atoms with van der Waals surface area (Å²) in [5.74, 6) is 1.43. The maximum absolute atomic E-state index is 13.4. The molecule has 3 heterocycles. The van der Waals surface area contributed by atoms with Gasteiger partial charge in [0.15, 0.2) is 11.5 Å². The number of hydrogen-bond donors (Lipinski definition) is 1. The summed E-state index contributed by atoms with van der Waals surface area (Å²) in [7, 11) is 0. The summed E-state index contributed by atoms with van der Waals surface area (Å²) in [4.78, 5) is 22.5. The first-order valence-corrected chi connectivity index (χ1v) is 11.0. The predicted octanol–water partition coefficient (Wildman–Crippen LogP) is 4.78.